The molecule has 4 rings (SSSR count). The van der Waals surface area contributed by atoms with Crippen molar-refractivity contribution in [3.8, 4) is 22.8 Å². The third-order valence-electron chi connectivity index (χ3n) is 5.84. The molecule has 0 saturated carbocycles. The van der Waals surface area contributed by atoms with Crippen LogP contribution >= 0.6 is 0 Å². The highest BCUT2D eigenvalue weighted by Crippen LogP contribution is 2.31. The van der Waals surface area contributed by atoms with Crippen LogP contribution in [0, 0.1) is 13.8 Å². The molecule has 0 spiro atoms. The summed E-state index contributed by atoms with van der Waals surface area (Å²) in [6.07, 6.45) is 0. The molecular formula is C27H29N3O5S. The van der Waals surface area contributed by atoms with Crippen molar-refractivity contribution < 1.29 is 18.3 Å². The largest absolute Gasteiger partial charge is 0.491 e. The van der Waals surface area contributed by atoms with E-state index in [-0.39, 0.29) is 18.8 Å². The second kappa shape index (κ2) is 10.1. The van der Waals surface area contributed by atoms with Crippen molar-refractivity contribution in [1.82, 2.24) is 9.55 Å². The number of hydrogen-bond donors (Lipinski definition) is 2. The molecule has 0 aliphatic rings. The lowest BCUT2D eigenvalue weighted by atomic mass is 10.0. The van der Waals surface area contributed by atoms with Crippen molar-refractivity contribution in [2.75, 3.05) is 17.9 Å². The number of rotatable bonds is 8. The van der Waals surface area contributed by atoms with Crippen LogP contribution in [0.15, 0.2) is 65.5 Å². The molecule has 0 fully saturated rings. The van der Waals surface area contributed by atoms with Crippen LogP contribution in [0.25, 0.3) is 28.0 Å². The molecular weight excluding hydrogens is 478 g/mol. The van der Waals surface area contributed by atoms with Gasteiger partial charge < -0.3 is 9.84 Å². The number of aryl methyl sites for hydroxylation is 2. The molecule has 2 N–H and O–H groups in total. The van der Waals surface area contributed by atoms with Crippen LogP contribution in [0.2, 0.25) is 0 Å². The van der Waals surface area contributed by atoms with Crippen LogP contribution in [0.5, 0.6) is 5.75 Å². The minimum atomic E-state index is -3.50. The Hall–Kier alpha value is -3.69. The summed E-state index contributed by atoms with van der Waals surface area (Å²) >= 11 is 0. The van der Waals surface area contributed by atoms with E-state index in [0.29, 0.717) is 33.9 Å². The number of fused-ring (bicyclic) bond motifs is 1. The van der Waals surface area contributed by atoms with Crippen molar-refractivity contribution >= 4 is 26.6 Å². The van der Waals surface area contributed by atoms with Crippen molar-refractivity contribution in [1.29, 1.82) is 0 Å². The Labute approximate surface area is 210 Å². The minimum absolute atomic E-state index is 0.0876. The number of para-hydroxylation sites is 1. The number of hydrogen-bond acceptors (Lipinski definition) is 6. The first-order valence-electron chi connectivity index (χ1n) is 11.6. The van der Waals surface area contributed by atoms with Gasteiger partial charge in [-0.15, -0.1) is 0 Å². The van der Waals surface area contributed by atoms with Crippen molar-refractivity contribution in [2.24, 2.45) is 0 Å². The van der Waals surface area contributed by atoms with Gasteiger partial charge in [-0.2, -0.15) is 0 Å². The molecule has 0 aliphatic carbocycles. The lowest BCUT2D eigenvalue weighted by Crippen LogP contribution is -2.23. The van der Waals surface area contributed by atoms with Crippen molar-refractivity contribution in [2.45, 2.75) is 32.9 Å². The van der Waals surface area contributed by atoms with E-state index < -0.39 is 15.3 Å². The Morgan fingerprint density at radius 2 is 1.67 bits per heavy atom. The van der Waals surface area contributed by atoms with Gasteiger partial charge >= 0.3 is 0 Å². The van der Waals surface area contributed by atoms with Gasteiger partial charge in [0.1, 0.15) is 18.2 Å². The maximum atomic E-state index is 13.7. The predicted octanol–water partition coefficient (Wildman–Crippen LogP) is 4.19. The maximum Gasteiger partial charge on any atom is 0.266 e. The Morgan fingerprint density at radius 1 is 1.03 bits per heavy atom. The standard InChI is InChI=1S/C27H29N3O5S/c1-17(2)36(33,34)29-21-9-11-22(12-10-21)30-26(28-24-8-6-5-7-23(24)27(30)32)20-15-18(3)25(19(4)16-20)35-14-13-31/h5-12,15-17,29,31H,13-14H2,1-4H3. The first-order valence-corrected chi connectivity index (χ1v) is 13.2. The summed E-state index contributed by atoms with van der Waals surface area (Å²) in [5, 5.41) is 9.03. The second-order valence-electron chi connectivity index (χ2n) is 8.85. The summed E-state index contributed by atoms with van der Waals surface area (Å²) in [5.41, 5.74) is 3.74. The number of aromatic nitrogens is 2. The van der Waals surface area contributed by atoms with Crippen molar-refractivity contribution in [3.05, 3.63) is 82.1 Å². The van der Waals surface area contributed by atoms with E-state index in [9.17, 15) is 13.2 Å². The van der Waals surface area contributed by atoms with Crippen LogP contribution in [0.1, 0.15) is 25.0 Å². The van der Waals surface area contributed by atoms with Gasteiger partial charge in [0.15, 0.2) is 0 Å². The second-order valence-corrected chi connectivity index (χ2v) is 11.1. The van der Waals surface area contributed by atoms with Gasteiger partial charge in [0.2, 0.25) is 10.0 Å². The van der Waals surface area contributed by atoms with Crippen LogP contribution in [0.4, 0.5) is 5.69 Å². The van der Waals surface area contributed by atoms with E-state index in [1.54, 1.807) is 56.3 Å². The highest BCUT2D eigenvalue weighted by Gasteiger charge is 2.18. The Kier molecular flexibility index (Phi) is 7.14. The zero-order valence-corrected chi connectivity index (χ0v) is 21.5. The van der Waals surface area contributed by atoms with Crippen LogP contribution in [-0.4, -0.2) is 41.5 Å². The molecule has 0 radical (unpaired) electrons. The molecule has 8 nitrogen and oxygen atoms in total. The lowest BCUT2D eigenvalue weighted by Gasteiger charge is -2.17. The fraction of sp³-hybridized carbons (Fsp3) is 0.259. The summed E-state index contributed by atoms with van der Waals surface area (Å²) in [6.45, 7) is 7.12. The number of anilines is 1. The average Bonchev–Trinajstić information content (AvgIpc) is 2.84. The van der Waals surface area contributed by atoms with Gasteiger partial charge in [0, 0.05) is 11.3 Å². The topological polar surface area (TPSA) is 111 Å². The number of nitrogens with zero attached hydrogens (tertiary/aromatic N) is 2. The fourth-order valence-electron chi connectivity index (χ4n) is 3.98. The highest BCUT2D eigenvalue weighted by molar-refractivity contribution is 7.93. The van der Waals surface area contributed by atoms with Gasteiger partial charge in [-0.3, -0.25) is 14.1 Å². The van der Waals surface area contributed by atoms with E-state index in [4.69, 9.17) is 14.8 Å². The number of aliphatic hydroxyl groups excluding tert-OH is 1. The first kappa shape index (κ1) is 25.4. The molecule has 0 unspecified atom stereocenters. The fourth-order valence-corrected chi connectivity index (χ4v) is 4.68. The SMILES string of the molecule is Cc1cc(-c2nc3ccccc3c(=O)n2-c2ccc(NS(=O)(=O)C(C)C)cc2)cc(C)c1OCCO. The average molecular weight is 508 g/mol. The lowest BCUT2D eigenvalue weighted by molar-refractivity contribution is 0.200. The summed E-state index contributed by atoms with van der Waals surface area (Å²) < 4.78 is 34.3. The molecule has 0 aliphatic heterocycles. The smallest absolute Gasteiger partial charge is 0.266 e. The third-order valence-corrected chi connectivity index (χ3v) is 7.60. The van der Waals surface area contributed by atoms with Gasteiger partial charge in [0.05, 0.1) is 28.4 Å². The van der Waals surface area contributed by atoms with E-state index in [2.05, 4.69) is 4.72 Å². The summed E-state index contributed by atoms with van der Waals surface area (Å²) in [7, 11) is -3.50. The summed E-state index contributed by atoms with van der Waals surface area (Å²) in [4.78, 5) is 18.5. The molecule has 0 saturated heterocycles. The monoisotopic (exact) mass is 507 g/mol. The van der Waals surface area contributed by atoms with E-state index in [0.717, 1.165) is 16.7 Å². The molecule has 188 valence electrons. The molecule has 1 aromatic heterocycles. The summed E-state index contributed by atoms with van der Waals surface area (Å²) in [6, 6.07) is 17.6. The quantitative estimate of drug-likeness (QED) is 0.370. The predicted molar refractivity (Wildman–Crippen MR) is 143 cm³/mol. The van der Waals surface area contributed by atoms with Gasteiger partial charge in [0.25, 0.3) is 5.56 Å². The molecule has 4 aromatic rings. The molecule has 3 aromatic carbocycles. The first-order chi connectivity index (χ1) is 17.1. The number of benzene rings is 3. The third kappa shape index (κ3) is 4.98. The number of sulfonamides is 1. The molecule has 9 heteroatoms. The number of aliphatic hydroxyl groups is 1. The normalized spacial score (nSPS) is 11.7. The van der Waals surface area contributed by atoms with Crippen molar-refractivity contribution in [3.63, 3.8) is 0 Å². The molecule has 0 atom stereocenters. The Morgan fingerprint density at radius 3 is 2.28 bits per heavy atom. The number of ether oxygens (including phenoxy) is 1. The Balaban J connectivity index is 1.89. The molecule has 0 bridgehead atoms. The maximum absolute atomic E-state index is 13.7. The van der Waals surface area contributed by atoms with Gasteiger partial charge in [-0.1, -0.05) is 12.1 Å². The molecule has 1 heterocycles. The summed E-state index contributed by atoms with van der Waals surface area (Å²) in [5.74, 6) is 1.14. The molecule has 36 heavy (non-hydrogen) atoms. The number of nitrogens with one attached hydrogen (secondary N) is 1. The van der Waals surface area contributed by atoms with Crippen LogP contribution < -0.4 is 15.0 Å². The van der Waals surface area contributed by atoms with Crippen LogP contribution in [0.3, 0.4) is 0 Å². The van der Waals surface area contributed by atoms with E-state index in [1.165, 1.54) is 4.57 Å². The van der Waals surface area contributed by atoms with Gasteiger partial charge in [-0.25, -0.2) is 13.4 Å². The zero-order valence-electron chi connectivity index (χ0n) is 20.6. The zero-order chi connectivity index (χ0) is 26.0. The van der Waals surface area contributed by atoms with Gasteiger partial charge in [-0.05, 0) is 87.4 Å². The highest BCUT2D eigenvalue weighted by atomic mass is 32.2. The Bertz CT molecular complexity index is 1550. The minimum Gasteiger partial charge on any atom is -0.491 e. The van der Waals surface area contributed by atoms with E-state index in [1.807, 2.05) is 32.0 Å². The van der Waals surface area contributed by atoms with Crippen LogP contribution in [-0.2, 0) is 10.0 Å². The molecule has 0 amide bonds. The van der Waals surface area contributed by atoms with E-state index >= 15 is 0 Å².